The Bertz CT molecular complexity index is 596. The number of para-hydroxylation sites is 1. The Morgan fingerprint density at radius 1 is 1.24 bits per heavy atom. The highest BCUT2D eigenvalue weighted by Gasteiger charge is 2.38. The number of methoxy groups -OCH3 is 1. The molecule has 1 unspecified atom stereocenters. The lowest BCUT2D eigenvalue weighted by molar-refractivity contribution is -0.139. The Balaban J connectivity index is 1.63. The molecule has 3 rings (SSSR count). The number of likely N-dealkylation sites (tertiary alicyclic amines) is 1. The molecule has 1 aromatic carbocycles. The molecule has 5 heteroatoms. The monoisotopic (exact) mass is 345 g/mol. The van der Waals surface area contributed by atoms with Gasteiger partial charge in [0.2, 0.25) is 5.91 Å². The molecule has 2 saturated heterocycles. The number of amides is 1. The lowest BCUT2D eigenvalue weighted by Gasteiger charge is -2.34. The quantitative estimate of drug-likeness (QED) is 0.883. The summed E-state index contributed by atoms with van der Waals surface area (Å²) in [4.78, 5) is 17.8. The van der Waals surface area contributed by atoms with Crippen molar-refractivity contribution in [3.63, 3.8) is 0 Å². The van der Waals surface area contributed by atoms with Gasteiger partial charge in [0.15, 0.2) is 0 Å². The van der Waals surface area contributed by atoms with Gasteiger partial charge in [0, 0.05) is 50.7 Å². The van der Waals surface area contributed by atoms with Crippen LogP contribution < -0.4 is 10.1 Å². The molecule has 25 heavy (non-hydrogen) atoms. The number of benzene rings is 1. The first-order valence-corrected chi connectivity index (χ1v) is 9.37. The lowest BCUT2D eigenvalue weighted by atomic mass is 9.84. The van der Waals surface area contributed by atoms with Crippen LogP contribution in [0.5, 0.6) is 5.75 Å². The van der Waals surface area contributed by atoms with Crippen LogP contribution in [0.1, 0.15) is 25.8 Å². The van der Waals surface area contributed by atoms with E-state index in [9.17, 15) is 4.79 Å². The van der Waals surface area contributed by atoms with Crippen LogP contribution in [0.4, 0.5) is 0 Å². The van der Waals surface area contributed by atoms with Gasteiger partial charge in [-0.1, -0.05) is 32.0 Å². The molecule has 1 N–H and O–H groups in total. The zero-order valence-corrected chi connectivity index (χ0v) is 15.8. The topological polar surface area (TPSA) is 44.8 Å². The molecule has 2 aliphatic heterocycles. The van der Waals surface area contributed by atoms with Crippen molar-refractivity contribution >= 4 is 5.91 Å². The Kier molecular flexibility index (Phi) is 5.64. The summed E-state index contributed by atoms with van der Waals surface area (Å²) >= 11 is 0. The summed E-state index contributed by atoms with van der Waals surface area (Å²) in [5.41, 5.74) is 0.675. The van der Waals surface area contributed by atoms with Gasteiger partial charge >= 0.3 is 0 Å². The third kappa shape index (κ3) is 4.15. The van der Waals surface area contributed by atoms with Gasteiger partial charge in [-0.05, 0) is 24.5 Å². The molecule has 2 heterocycles. The second kappa shape index (κ2) is 7.75. The molecule has 0 aliphatic carbocycles. The molecule has 0 aromatic heterocycles. The van der Waals surface area contributed by atoms with Crippen LogP contribution in [0.25, 0.3) is 0 Å². The number of ether oxygens (including phenoxy) is 1. The predicted octanol–water partition coefficient (Wildman–Crippen LogP) is 1.77. The zero-order valence-electron chi connectivity index (χ0n) is 15.8. The largest absolute Gasteiger partial charge is 0.496 e. The van der Waals surface area contributed by atoms with Crippen LogP contribution in [-0.2, 0) is 11.2 Å². The molecule has 0 saturated carbocycles. The van der Waals surface area contributed by atoms with E-state index in [4.69, 9.17) is 4.74 Å². The van der Waals surface area contributed by atoms with E-state index in [1.807, 2.05) is 18.2 Å². The van der Waals surface area contributed by atoms with E-state index in [-0.39, 0.29) is 5.91 Å². The first-order chi connectivity index (χ1) is 12.0. The van der Waals surface area contributed by atoms with Crippen molar-refractivity contribution in [2.45, 2.75) is 32.7 Å². The SMILES string of the molecule is COc1ccccc1CC(C)(C)C(=O)N1CCC(N2CCNCC2)C1. The van der Waals surface area contributed by atoms with Crippen LogP contribution in [-0.4, -0.2) is 68.1 Å². The van der Waals surface area contributed by atoms with Crippen molar-refractivity contribution in [1.29, 1.82) is 0 Å². The Morgan fingerprint density at radius 2 is 1.96 bits per heavy atom. The third-order valence-electron chi connectivity index (χ3n) is 5.52. The van der Waals surface area contributed by atoms with E-state index >= 15 is 0 Å². The van der Waals surface area contributed by atoms with E-state index in [1.165, 1.54) is 0 Å². The van der Waals surface area contributed by atoms with Gasteiger partial charge in [-0.3, -0.25) is 9.69 Å². The molecular weight excluding hydrogens is 314 g/mol. The fraction of sp³-hybridized carbons (Fsp3) is 0.650. The second-order valence-corrected chi connectivity index (χ2v) is 7.85. The highest BCUT2D eigenvalue weighted by atomic mass is 16.5. The van der Waals surface area contributed by atoms with Crippen molar-refractivity contribution in [3.8, 4) is 5.75 Å². The van der Waals surface area contributed by atoms with E-state index in [2.05, 4.69) is 35.0 Å². The van der Waals surface area contributed by atoms with Crippen LogP contribution >= 0.6 is 0 Å². The third-order valence-corrected chi connectivity index (χ3v) is 5.52. The summed E-state index contributed by atoms with van der Waals surface area (Å²) in [6.07, 6.45) is 1.79. The summed E-state index contributed by atoms with van der Waals surface area (Å²) in [7, 11) is 1.69. The van der Waals surface area contributed by atoms with Gasteiger partial charge in [0.05, 0.1) is 7.11 Å². The van der Waals surface area contributed by atoms with Crippen molar-refractivity contribution in [2.75, 3.05) is 46.4 Å². The van der Waals surface area contributed by atoms with Gasteiger partial charge in [-0.15, -0.1) is 0 Å². The molecule has 2 aliphatic rings. The number of piperazine rings is 1. The van der Waals surface area contributed by atoms with Crippen LogP contribution in [0, 0.1) is 5.41 Å². The molecule has 1 atom stereocenters. The minimum absolute atomic E-state index is 0.260. The first kappa shape index (κ1) is 18.2. The molecule has 2 fully saturated rings. The fourth-order valence-corrected chi connectivity index (χ4v) is 4.10. The zero-order chi connectivity index (χ0) is 17.9. The molecule has 5 nitrogen and oxygen atoms in total. The van der Waals surface area contributed by atoms with E-state index in [0.717, 1.165) is 57.0 Å². The number of hydrogen-bond acceptors (Lipinski definition) is 4. The Morgan fingerprint density at radius 3 is 2.68 bits per heavy atom. The molecule has 1 amide bonds. The molecule has 138 valence electrons. The number of nitrogens with zero attached hydrogens (tertiary/aromatic N) is 2. The molecule has 0 spiro atoms. The average Bonchev–Trinajstić information content (AvgIpc) is 3.12. The fourth-order valence-electron chi connectivity index (χ4n) is 4.10. The summed E-state index contributed by atoms with van der Waals surface area (Å²) in [6.45, 7) is 10.2. The number of hydrogen-bond donors (Lipinski definition) is 1. The van der Waals surface area contributed by atoms with Crippen molar-refractivity contribution in [3.05, 3.63) is 29.8 Å². The lowest BCUT2D eigenvalue weighted by Crippen LogP contribution is -2.50. The van der Waals surface area contributed by atoms with Gasteiger partial charge < -0.3 is 15.0 Å². The minimum Gasteiger partial charge on any atom is -0.496 e. The smallest absolute Gasteiger partial charge is 0.228 e. The summed E-state index contributed by atoms with van der Waals surface area (Å²) in [5.74, 6) is 1.12. The molecule has 0 radical (unpaired) electrons. The summed E-state index contributed by atoms with van der Waals surface area (Å²) < 4.78 is 5.46. The maximum absolute atomic E-state index is 13.2. The molecule has 0 bridgehead atoms. The number of nitrogens with one attached hydrogen (secondary N) is 1. The first-order valence-electron chi connectivity index (χ1n) is 9.37. The van der Waals surface area contributed by atoms with E-state index in [0.29, 0.717) is 12.5 Å². The maximum atomic E-state index is 13.2. The van der Waals surface area contributed by atoms with Gasteiger partial charge in [0.1, 0.15) is 5.75 Å². The van der Waals surface area contributed by atoms with Crippen LogP contribution in [0.3, 0.4) is 0 Å². The molecule has 1 aromatic rings. The van der Waals surface area contributed by atoms with Crippen LogP contribution in [0.15, 0.2) is 24.3 Å². The minimum atomic E-state index is -0.424. The average molecular weight is 345 g/mol. The van der Waals surface area contributed by atoms with Gasteiger partial charge in [0.25, 0.3) is 0 Å². The Hall–Kier alpha value is -1.59. The number of carbonyl (C=O) groups excluding carboxylic acids is 1. The normalized spacial score (nSPS) is 22.2. The second-order valence-electron chi connectivity index (χ2n) is 7.85. The maximum Gasteiger partial charge on any atom is 0.228 e. The van der Waals surface area contributed by atoms with E-state index in [1.54, 1.807) is 7.11 Å². The number of rotatable bonds is 5. The molecular formula is C20H31N3O2. The van der Waals surface area contributed by atoms with Crippen molar-refractivity contribution in [1.82, 2.24) is 15.1 Å². The van der Waals surface area contributed by atoms with Crippen LogP contribution in [0.2, 0.25) is 0 Å². The summed E-state index contributed by atoms with van der Waals surface area (Å²) in [6, 6.07) is 8.52. The predicted molar refractivity (Wildman–Crippen MR) is 99.9 cm³/mol. The van der Waals surface area contributed by atoms with Crippen molar-refractivity contribution in [2.24, 2.45) is 5.41 Å². The van der Waals surface area contributed by atoms with E-state index < -0.39 is 5.41 Å². The highest BCUT2D eigenvalue weighted by Crippen LogP contribution is 2.31. The standard InChI is InChI=1S/C20H31N3O2/c1-20(2,14-16-6-4-5-7-18(16)25-3)19(24)23-11-8-17(15-23)22-12-9-21-10-13-22/h4-7,17,21H,8-15H2,1-3H3. The highest BCUT2D eigenvalue weighted by molar-refractivity contribution is 5.82. The Labute approximate surface area is 151 Å². The number of carbonyl (C=O) groups is 1. The van der Waals surface area contributed by atoms with Crippen molar-refractivity contribution < 1.29 is 9.53 Å². The van der Waals surface area contributed by atoms with Gasteiger partial charge in [-0.2, -0.15) is 0 Å². The van der Waals surface area contributed by atoms with Gasteiger partial charge in [-0.25, -0.2) is 0 Å². The summed E-state index contributed by atoms with van der Waals surface area (Å²) in [5, 5.41) is 3.40.